The molecule has 0 aliphatic carbocycles. The first kappa shape index (κ1) is 21.4. The first-order valence-corrected chi connectivity index (χ1v) is 6.75. The second-order valence-corrected chi connectivity index (χ2v) is 4.91. The Morgan fingerprint density at radius 1 is 1.18 bits per heavy atom. The van der Waals surface area contributed by atoms with Crippen LogP contribution in [-0.4, -0.2) is 31.1 Å². The molecular weight excluding hydrogens is 343 g/mol. The van der Waals surface area contributed by atoms with E-state index >= 15 is 0 Å². The second kappa shape index (κ2) is 8.91. The minimum atomic E-state index is -4.53. The zero-order valence-corrected chi connectivity index (χ0v) is 13.8. The molecule has 0 spiro atoms. The van der Waals surface area contributed by atoms with Crippen LogP contribution in [0.5, 0.6) is 0 Å². The summed E-state index contributed by atoms with van der Waals surface area (Å²) in [5.41, 5.74) is -1.08. The van der Waals surface area contributed by atoms with Crippen LogP contribution in [0.15, 0.2) is 18.2 Å². The van der Waals surface area contributed by atoms with Gasteiger partial charge < -0.3 is 5.32 Å². The Kier molecular flexibility index (Phi) is 8.69. The molecule has 1 aromatic carbocycles. The van der Waals surface area contributed by atoms with Crippen LogP contribution in [0.3, 0.4) is 0 Å². The average Bonchev–Trinajstić information content (AvgIpc) is 2.41. The molecule has 1 saturated heterocycles. The third-order valence-corrected chi connectivity index (χ3v) is 3.67. The predicted molar refractivity (Wildman–Crippen MR) is 83.4 cm³/mol. The van der Waals surface area contributed by atoms with Crippen molar-refractivity contribution in [3.8, 4) is 0 Å². The SMILES string of the molecule is CC[C@H](c1c(F)cccc1C(F)(F)F)N1CCNCC1.Cl.Cl. The van der Waals surface area contributed by atoms with Crippen molar-refractivity contribution in [2.45, 2.75) is 25.6 Å². The van der Waals surface area contributed by atoms with Crippen LogP contribution < -0.4 is 5.32 Å². The van der Waals surface area contributed by atoms with Gasteiger partial charge in [-0.15, -0.1) is 24.8 Å². The van der Waals surface area contributed by atoms with E-state index in [1.54, 1.807) is 6.92 Å². The summed E-state index contributed by atoms with van der Waals surface area (Å²) in [6.45, 7) is 4.48. The van der Waals surface area contributed by atoms with Gasteiger partial charge in [0, 0.05) is 37.8 Å². The summed E-state index contributed by atoms with van der Waals surface area (Å²) in [5, 5.41) is 3.15. The Hall–Kier alpha value is -0.560. The van der Waals surface area contributed by atoms with Gasteiger partial charge in [-0.25, -0.2) is 4.39 Å². The van der Waals surface area contributed by atoms with E-state index in [1.807, 2.05) is 4.90 Å². The summed E-state index contributed by atoms with van der Waals surface area (Å²) in [4.78, 5) is 1.92. The number of hydrogen-bond donors (Lipinski definition) is 1. The molecule has 1 heterocycles. The smallest absolute Gasteiger partial charge is 0.314 e. The molecule has 0 saturated carbocycles. The number of nitrogens with zero attached hydrogens (tertiary/aromatic N) is 1. The lowest BCUT2D eigenvalue weighted by molar-refractivity contribution is -0.139. The molecule has 8 heteroatoms. The Bertz CT molecular complexity index is 463. The number of rotatable bonds is 3. The minimum absolute atomic E-state index is 0. The standard InChI is InChI=1S/C14H18F4N2.2ClH/c1-2-12(20-8-6-19-7-9-20)13-10(14(16,17)18)4-3-5-11(13)15;;/h3-5,12,19H,2,6-9H2,1H3;2*1H/t12-;;/m1../s1. The lowest BCUT2D eigenvalue weighted by Crippen LogP contribution is -2.45. The molecule has 0 aromatic heterocycles. The van der Waals surface area contributed by atoms with Gasteiger partial charge in [-0.05, 0) is 18.6 Å². The number of hydrogen-bond acceptors (Lipinski definition) is 2. The lowest BCUT2D eigenvalue weighted by atomic mass is 9.95. The monoisotopic (exact) mass is 362 g/mol. The van der Waals surface area contributed by atoms with Crippen molar-refractivity contribution in [1.29, 1.82) is 0 Å². The van der Waals surface area contributed by atoms with Crippen LogP contribution in [0.4, 0.5) is 17.6 Å². The highest BCUT2D eigenvalue weighted by Gasteiger charge is 2.37. The molecule has 128 valence electrons. The van der Waals surface area contributed by atoms with E-state index in [0.717, 1.165) is 18.2 Å². The average molecular weight is 363 g/mol. The molecule has 0 amide bonds. The van der Waals surface area contributed by atoms with Crippen LogP contribution in [-0.2, 0) is 6.18 Å². The number of piperazine rings is 1. The van der Waals surface area contributed by atoms with E-state index in [0.29, 0.717) is 32.6 Å². The van der Waals surface area contributed by atoms with Crippen molar-refractivity contribution < 1.29 is 17.6 Å². The minimum Gasteiger partial charge on any atom is -0.314 e. The molecule has 1 aliphatic heterocycles. The van der Waals surface area contributed by atoms with Crippen molar-refractivity contribution in [2.75, 3.05) is 26.2 Å². The maximum absolute atomic E-state index is 14.0. The molecule has 1 fully saturated rings. The Labute approximate surface area is 140 Å². The summed E-state index contributed by atoms with van der Waals surface area (Å²) >= 11 is 0. The van der Waals surface area contributed by atoms with E-state index in [-0.39, 0.29) is 30.4 Å². The van der Waals surface area contributed by atoms with Gasteiger partial charge in [0.05, 0.1) is 5.56 Å². The summed E-state index contributed by atoms with van der Waals surface area (Å²) in [6, 6.07) is 2.65. The highest BCUT2D eigenvalue weighted by Crippen LogP contribution is 2.38. The topological polar surface area (TPSA) is 15.3 Å². The van der Waals surface area contributed by atoms with Crippen molar-refractivity contribution in [3.63, 3.8) is 0 Å². The fourth-order valence-corrected chi connectivity index (χ4v) is 2.76. The van der Waals surface area contributed by atoms with Crippen LogP contribution >= 0.6 is 24.8 Å². The van der Waals surface area contributed by atoms with Gasteiger partial charge in [0.15, 0.2) is 0 Å². The van der Waals surface area contributed by atoms with Crippen molar-refractivity contribution in [1.82, 2.24) is 10.2 Å². The molecule has 1 atom stereocenters. The van der Waals surface area contributed by atoms with Gasteiger partial charge >= 0.3 is 6.18 Å². The summed E-state index contributed by atoms with van der Waals surface area (Å²) in [6.07, 6.45) is -4.08. The van der Waals surface area contributed by atoms with E-state index in [4.69, 9.17) is 0 Å². The van der Waals surface area contributed by atoms with Gasteiger partial charge in [0.2, 0.25) is 0 Å². The molecule has 0 bridgehead atoms. The number of benzene rings is 1. The maximum Gasteiger partial charge on any atom is 0.416 e. The zero-order valence-electron chi connectivity index (χ0n) is 12.1. The molecular formula is C14H20Cl2F4N2. The van der Waals surface area contributed by atoms with E-state index < -0.39 is 23.6 Å². The van der Waals surface area contributed by atoms with Crippen LogP contribution in [0, 0.1) is 5.82 Å². The van der Waals surface area contributed by atoms with Crippen LogP contribution in [0.25, 0.3) is 0 Å². The third kappa shape index (κ3) is 4.72. The van der Waals surface area contributed by atoms with Crippen molar-refractivity contribution >= 4 is 24.8 Å². The molecule has 2 nitrogen and oxygen atoms in total. The van der Waals surface area contributed by atoms with Crippen LogP contribution in [0.1, 0.15) is 30.5 Å². The Morgan fingerprint density at radius 2 is 1.77 bits per heavy atom. The molecule has 0 unspecified atom stereocenters. The largest absolute Gasteiger partial charge is 0.416 e. The summed E-state index contributed by atoms with van der Waals surface area (Å²) < 4.78 is 53.3. The summed E-state index contributed by atoms with van der Waals surface area (Å²) in [7, 11) is 0. The van der Waals surface area contributed by atoms with Crippen molar-refractivity contribution in [2.24, 2.45) is 0 Å². The maximum atomic E-state index is 14.0. The van der Waals surface area contributed by atoms with Gasteiger partial charge in [-0.1, -0.05) is 13.0 Å². The quantitative estimate of drug-likeness (QED) is 0.816. The van der Waals surface area contributed by atoms with Crippen LogP contribution in [0.2, 0.25) is 0 Å². The highest BCUT2D eigenvalue weighted by molar-refractivity contribution is 5.85. The van der Waals surface area contributed by atoms with Crippen molar-refractivity contribution in [3.05, 3.63) is 35.1 Å². The number of alkyl halides is 3. The van der Waals surface area contributed by atoms with Gasteiger partial charge in [-0.3, -0.25) is 4.90 Å². The second-order valence-electron chi connectivity index (χ2n) is 4.91. The molecule has 2 rings (SSSR count). The van der Waals surface area contributed by atoms with Gasteiger partial charge in [0.1, 0.15) is 5.82 Å². The fraction of sp³-hybridized carbons (Fsp3) is 0.571. The summed E-state index contributed by atoms with van der Waals surface area (Å²) in [5.74, 6) is -0.773. The van der Waals surface area contributed by atoms with E-state index in [2.05, 4.69) is 5.32 Å². The molecule has 1 aromatic rings. The van der Waals surface area contributed by atoms with Gasteiger partial charge in [-0.2, -0.15) is 13.2 Å². The predicted octanol–water partition coefficient (Wildman–Crippen LogP) is 4.04. The first-order valence-electron chi connectivity index (χ1n) is 6.75. The number of nitrogens with one attached hydrogen (secondary N) is 1. The number of halogens is 6. The normalized spacial score (nSPS) is 17.3. The third-order valence-electron chi connectivity index (χ3n) is 3.67. The molecule has 0 radical (unpaired) electrons. The Morgan fingerprint density at radius 3 is 2.27 bits per heavy atom. The molecule has 1 N–H and O–H groups in total. The van der Waals surface area contributed by atoms with E-state index in [1.165, 1.54) is 0 Å². The lowest BCUT2D eigenvalue weighted by Gasteiger charge is -2.36. The zero-order chi connectivity index (χ0) is 14.8. The highest BCUT2D eigenvalue weighted by atomic mass is 35.5. The Balaban J connectivity index is 0.00000220. The molecule has 1 aliphatic rings. The van der Waals surface area contributed by atoms with E-state index in [9.17, 15) is 17.6 Å². The van der Waals surface area contributed by atoms with Gasteiger partial charge in [0.25, 0.3) is 0 Å². The molecule has 22 heavy (non-hydrogen) atoms. The first-order chi connectivity index (χ1) is 9.45. The fourth-order valence-electron chi connectivity index (χ4n) is 2.76.